The summed E-state index contributed by atoms with van der Waals surface area (Å²) >= 11 is 1.71. The van der Waals surface area contributed by atoms with Gasteiger partial charge in [-0.15, -0.1) is 0 Å². The second kappa shape index (κ2) is 6.38. The van der Waals surface area contributed by atoms with Crippen LogP contribution >= 0.6 is 11.3 Å². The smallest absolute Gasteiger partial charge is 0.207 e. The van der Waals surface area contributed by atoms with Crippen LogP contribution in [0.5, 0.6) is 0 Å². The van der Waals surface area contributed by atoms with E-state index in [4.69, 9.17) is 0 Å². The summed E-state index contributed by atoms with van der Waals surface area (Å²) in [4.78, 5) is 0.467. The molecule has 1 aliphatic rings. The first kappa shape index (κ1) is 16.7. The lowest BCUT2D eigenvalue weighted by Crippen LogP contribution is -2.38. The number of hydrogen-bond acceptors (Lipinski definition) is 3. The third-order valence-electron chi connectivity index (χ3n) is 4.88. The lowest BCUT2D eigenvalue weighted by atomic mass is 9.92. The summed E-state index contributed by atoms with van der Waals surface area (Å²) < 4.78 is 27.6. The van der Waals surface area contributed by atoms with E-state index in [1.807, 2.05) is 32.9 Å². The molecule has 0 atom stereocenters. The van der Waals surface area contributed by atoms with Gasteiger partial charge >= 0.3 is 0 Å². The van der Waals surface area contributed by atoms with E-state index in [2.05, 4.69) is 16.8 Å². The Balaban J connectivity index is 1.81. The molecule has 1 aromatic carbocycles. The first-order valence-corrected chi connectivity index (χ1v) is 10.4. The summed E-state index contributed by atoms with van der Waals surface area (Å²) in [6.07, 6.45) is 1.81. The highest BCUT2D eigenvalue weighted by Gasteiger charge is 2.31. The van der Waals surface area contributed by atoms with Crippen molar-refractivity contribution in [2.24, 2.45) is 0 Å². The van der Waals surface area contributed by atoms with Gasteiger partial charge in [0.2, 0.25) is 10.0 Å². The monoisotopic (exact) mass is 349 g/mol. The van der Waals surface area contributed by atoms with E-state index in [-0.39, 0.29) is 0 Å². The van der Waals surface area contributed by atoms with Crippen LogP contribution < -0.4 is 0 Å². The fourth-order valence-electron chi connectivity index (χ4n) is 3.29. The van der Waals surface area contributed by atoms with Crippen LogP contribution in [0.3, 0.4) is 0 Å². The van der Waals surface area contributed by atoms with Gasteiger partial charge < -0.3 is 0 Å². The molecule has 124 valence electrons. The van der Waals surface area contributed by atoms with Crippen LogP contribution in [0.15, 0.2) is 33.9 Å². The van der Waals surface area contributed by atoms with Gasteiger partial charge in [-0.2, -0.15) is 15.6 Å². The van der Waals surface area contributed by atoms with Gasteiger partial charge in [-0.3, -0.25) is 0 Å². The van der Waals surface area contributed by atoms with Crippen molar-refractivity contribution in [1.29, 1.82) is 0 Å². The quantitative estimate of drug-likeness (QED) is 0.831. The first-order chi connectivity index (χ1) is 10.9. The molecule has 0 N–H and O–H groups in total. The Bertz CT molecular complexity index is 787. The van der Waals surface area contributed by atoms with Gasteiger partial charge in [-0.25, -0.2) is 8.42 Å². The summed E-state index contributed by atoms with van der Waals surface area (Å²) in [6, 6.07) is 5.96. The van der Waals surface area contributed by atoms with Gasteiger partial charge in [0.25, 0.3) is 0 Å². The zero-order valence-corrected chi connectivity index (χ0v) is 15.5. The maximum absolute atomic E-state index is 13.0. The van der Waals surface area contributed by atoms with Crippen molar-refractivity contribution in [2.45, 2.75) is 44.4 Å². The molecule has 0 aliphatic carbocycles. The molecular formula is C18H23NO2S2. The van der Waals surface area contributed by atoms with Gasteiger partial charge in [0.05, 0.1) is 4.90 Å². The van der Waals surface area contributed by atoms with Gasteiger partial charge in [-0.1, -0.05) is 6.07 Å². The normalized spacial score (nSPS) is 17.5. The maximum atomic E-state index is 13.0. The molecule has 0 radical (unpaired) electrons. The fraction of sp³-hybridized carbons (Fsp3) is 0.444. The van der Waals surface area contributed by atoms with Gasteiger partial charge in [0.15, 0.2) is 0 Å². The summed E-state index contributed by atoms with van der Waals surface area (Å²) in [6.45, 7) is 7.09. The Kier molecular flexibility index (Phi) is 4.63. The maximum Gasteiger partial charge on any atom is 0.243 e. The first-order valence-electron chi connectivity index (χ1n) is 7.99. The van der Waals surface area contributed by atoms with Crippen molar-refractivity contribution < 1.29 is 8.42 Å². The van der Waals surface area contributed by atoms with Crippen molar-refractivity contribution in [3.63, 3.8) is 0 Å². The number of rotatable bonds is 3. The molecule has 1 aromatic heterocycles. The molecule has 2 aromatic rings. The van der Waals surface area contributed by atoms with Gasteiger partial charge in [0, 0.05) is 13.1 Å². The summed E-state index contributed by atoms with van der Waals surface area (Å²) in [7, 11) is -3.39. The fourth-order valence-corrected chi connectivity index (χ4v) is 5.79. The Morgan fingerprint density at radius 2 is 1.70 bits per heavy atom. The van der Waals surface area contributed by atoms with Crippen LogP contribution in [0, 0.1) is 20.8 Å². The van der Waals surface area contributed by atoms with E-state index in [0.29, 0.717) is 23.9 Å². The molecule has 1 saturated heterocycles. The van der Waals surface area contributed by atoms with Crippen LogP contribution in [0.2, 0.25) is 0 Å². The average molecular weight is 350 g/mol. The number of aryl methyl sites for hydroxylation is 3. The molecule has 3 nitrogen and oxygen atoms in total. The standard InChI is InChI=1S/C18H23NO2S2/c1-13-10-15(3)18(11-14(13)2)23(20,21)19-7-4-16(5-8-19)17-6-9-22-12-17/h6,9-12,16H,4-5,7-8H2,1-3H3. The topological polar surface area (TPSA) is 37.4 Å². The van der Waals surface area contributed by atoms with Gasteiger partial charge in [0.1, 0.15) is 0 Å². The molecule has 5 heteroatoms. The van der Waals surface area contributed by atoms with Crippen LogP contribution in [0.25, 0.3) is 0 Å². The lowest BCUT2D eigenvalue weighted by Gasteiger charge is -2.31. The molecule has 1 fully saturated rings. The predicted molar refractivity (Wildman–Crippen MR) is 95.7 cm³/mol. The van der Waals surface area contributed by atoms with E-state index >= 15 is 0 Å². The molecule has 0 unspecified atom stereocenters. The van der Waals surface area contributed by atoms with Crippen LogP contribution in [-0.2, 0) is 10.0 Å². The molecule has 0 saturated carbocycles. The van der Waals surface area contributed by atoms with Crippen molar-refractivity contribution >= 4 is 21.4 Å². The zero-order valence-electron chi connectivity index (χ0n) is 13.9. The van der Waals surface area contributed by atoms with Crippen LogP contribution in [0.1, 0.15) is 41.0 Å². The molecule has 0 bridgehead atoms. The van der Waals surface area contributed by atoms with E-state index < -0.39 is 10.0 Å². The second-order valence-electron chi connectivity index (χ2n) is 6.44. The molecule has 0 spiro atoms. The zero-order chi connectivity index (χ0) is 16.6. The summed E-state index contributed by atoms with van der Waals surface area (Å²) in [5.74, 6) is 0.494. The van der Waals surface area contributed by atoms with Crippen molar-refractivity contribution in [3.8, 4) is 0 Å². The Hall–Kier alpha value is -1.17. The number of thiophene rings is 1. The van der Waals surface area contributed by atoms with E-state index in [9.17, 15) is 8.42 Å². The molecular weight excluding hydrogens is 326 g/mol. The molecule has 3 rings (SSSR count). The highest BCUT2D eigenvalue weighted by atomic mass is 32.2. The van der Waals surface area contributed by atoms with E-state index in [1.165, 1.54) is 5.56 Å². The predicted octanol–water partition coefficient (Wildman–Crippen LogP) is 4.24. The third-order valence-corrected chi connectivity index (χ3v) is 7.62. The SMILES string of the molecule is Cc1cc(C)c(S(=O)(=O)N2CCC(c3ccsc3)CC2)cc1C. The van der Waals surface area contributed by atoms with E-state index in [0.717, 1.165) is 29.5 Å². The largest absolute Gasteiger partial charge is 0.243 e. The number of piperidine rings is 1. The number of hydrogen-bond donors (Lipinski definition) is 0. The van der Waals surface area contributed by atoms with Crippen LogP contribution in [0.4, 0.5) is 0 Å². The van der Waals surface area contributed by atoms with Crippen LogP contribution in [-0.4, -0.2) is 25.8 Å². The van der Waals surface area contributed by atoms with E-state index in [1.54, 1.807) is 15.6 Å². The lowest BCUT2D eigenvalue weighted by molar-refractivity contribution is 0.319. The highest BCUT2D eigenvalue weighted by Crippen LogP contribution is 2.32. The Morgan fingerprint density at radius 1 is 1.04 bits per heavy atom. The molecule has 1 aliphatic heterocycles. The summed E-state index contributed by atoms with van der Waals surface area (Å²) in [5, 5.41) is 4.28. The van der Waals surface area contributed by atoms with Crippen molar-refractivity contribution in [3.05, 3.63) is 51.2 Å². The molecule has 0 amide bonds. The van der Waals surface area contributed by atoms with Crippen molar-refractivity contribution in [1.82, 2.24) is 4.31 Å². The second-order valence-corrected chi connectivity index (χ2v) is 9.12. The minimum absolute atomic E-state index is 0.467. The summed E-state index contributed by atoms with van der Waals surface area (Å²) in [5.41, 5.74) is 4.36. The number of benzene rings is 1. The minimum atomic E-state index is -3.39. The Morgan fingerprint density at radius 3 is 2.30 bits per heavy atom. The number of sulfonamides is 1. The Labute approximate surface area is 143 Å². The average Bonchev–Trinajstić information content (AvgIpc) is 3.05. The molecule has 2 heterocycles. The molecule has 23 heavy (non-hydrogen) atoms. The minimum Gasteiger partial charge on any atom is -0.207 e. The third kappa shape index (κ3) is 3.23. The van der Waals surface area contributed by atoms with Gasteiger partial charge in [-0.05, 0) is 84.7 Å². The highest BCUT2D eigenvalue weighted by molar-refractivity contribution is 7.89. The van der Waals surface area contributed by atoms with Crippen molar-refractivity contribution in [2.75, 3.05) is 13.1 Å². The number of nitrogens with zero attached hydrogens (tertiary/aromatic N) is 1.